The number of carbonyl (C=O) groups is 1. The van der Waals surface area contributed by atoms with E-state index in [-0.39, 0.29) is 30.1 Å². The fourth-order valence-corrected chi connectivity index (χ4v) is 6.13. The van der Waals surface area contributed by atoms with Gasteiger partial charge in [0.2, 0.25) is 5.91 Å². The number of hydrogen-bond acceptors (Lipinski definition) is 6. The van der Waals surface area contributed by atoms with Crippen LogP contribution in [0.1, 0.15) is 53.6 Å². The van der Waals surface area contributed by atoms with E-state index in [4.69, 9.17) is 17.0 Å². The van der Waals surface area contributed by atoms with Crippen LogP contribution in [-0.2, 0) is 11.2 Å². The molecule has 4 aromatic rings. The summed E-state index contributed by atoms with van der Waals surface area (Å²) in [5.41, 5.74) is 5.96. The summed E-state index contributed by atoms with van der Waals surface area (Å²) < 4.78 is 7.56. The number of aryl methyl sites for hydroxylation is 2. The van der Waals surface area contributed by atoms with E-state index < -0.39 is 4.92 Å². The van der Waals surface area contributed by atoms with Gasteiger partial charge < -0.3 is 24.8 Å². The number of nitro benzene ring substituents is 1. The highest BCUT2D eigenvalue weighted by Crippen LogP contribution is 2.42. The number of para-hydroxylation sites is 1. The number of pyridine rings is 1. The maximum absolute atomic E-state index is 13.1. The van der Waals surface area contributed by atoms with Crippen molar-refractivity contribution in [3.63, 3.8) is 0 Å². The minimum absolute atomic E-state index is 0.0304. The van der Waals surface area contributed by atoms with Gasteiger partial charge in [0.25, 0.3) is 5.69 Å². The molecule has 0 radical (unpaired) electrons. The molecule has 2 aromatic carbocycles. The highest BCUT2D eigenvalue weighted by atomic mass is 32.1. The number of rotatable bonds is 10. The van der Waals surface area contributed by atoms with Crippen LogP contribution >= 0.6 is 12.2 Å². The van der Waals surface area contributed by atoms with Gasteiger partial charge >= 0.3 is 0 Å². The summed E-state index contributed by atoms with van der Waals surface area (Å²) in [6.07, 6.45) is 2.79. The van der Waals surface area contributed by atoms with E-state index in [2.05, 4.69) is 28.6 Å². The van der Waals surface area contributed by atoms with Gasteiger partial charge in [-0.15, -0.1) is 0 Å². The fraction of sp³-hybridized carbons (Fsp3) is 0.281. The van der Waals surface area contributed by atoms with Crippen molar-refractivity contribution >= 4 is 34.6 Å². The second kappa shape index (κ2) is 12.6. The predicted molar refractivity (Wildman–Crippen MR) is 170 cm³/mol. The van der Waals surface area contributed by atoms with Crippen LogP contribution in [0.3, 0.4) is 0 Å². The van der Waals surface area contributed by atoms with Crippen LogP contribution in [0.5, 0.6) is 5.75 Å². The highest BCUT2D eigenvalue weighted by Gasteiger charge is 2.41. The lowest BCUT2D eigenvalue weighted by atomic mass is 9.96. The zero-order chi connectivity index (χ0) is 30.7. The smallest absolute Gasteiger partial charge is 0.271 e. The van der Waals surface area contributed by atoms with E-state index in [0.29, 0.717) is 23.1 Å². The largest absolute Gasteiger partial charge is 0.495 e. The number of non-ortho nitro benzene ring substituents is 1. The lowest BCUT2D eigenvalue weighted by molar-refractivity contribution is -0.384. The first-order chi connectivity index (χ1) is 20.7. The number of nitro groups is 1. The molecule has 0 aliphatic carbocycles. The summed E-state index contributed by atoms with van der Waals surface area (Å²) in [7, 11) is 1.54. The zero-order valence-electron chi connectivity index (χ0n) is 24.5. The number of carbonyl (C=O) groups excluding carboxylic acids is 1. The van der Waals surface area contributed by atoms with Crippen LogP contribution in [0, 0.1) is 24.0 Å². The van der Waals surface area contributed by atoms with Crippen molar-refractivity contribution in [1.82, 2.24) is 19.8 Å². The lowest BCUT2D eigenvalue weighted by Gasteiger charge is -2.28. The number of amides is 1. The monoisotopic (exact) mass is 598 g/mol. The first-order valence-electron chi connectivity index (χ1n) is 14.1. The number of aromatic nitrogens is 2. The predicted octanol–water partition coefficient (Wildman–Crippen LogP) is 5.97. The second-order valence-corrected chi connectivity index (χ2v) is 10.8. The van der Waals surface area contributed by atoms with Crippen molar-refractivity contribution in [2.75, 3.05) is 19.0 Å². The van der Waals surface area contributed by atoms with Crippen molar-refractivity contribution < 1.29 is 14.5 Å². The molecule has 0 bridgehead atoms. The number of nitrogens with zero attached hydrogens (tertiary/aromatic N) is 4. The van der Waals surface area contributed by atoms with Crippen molar-refractivity contribution in [2.24, 2.45) is 0 Å². The number of hydrogen-bond donors (Lipinski definition) is 2. The van der Waals surface area contributed by atoms with Crippen molar-refractivity contribution in [3.8, 4) is 11.4 Å². The van der Waals surface area contributed by atoms with Crippen molar-refractivity contribution in [2.45, 2.75) is 45.7 Å². The van der Waals surface area contributed by atoms with Gasteiger partial charge in [-0.05, 0) is 73.9 Å². The molecule has 2 aromatic heterocycles. The lowest BCUT2D eigenvalue weighted by Crippen LogP contribution is -2.33. The SMILES string of the molecule is CCc1ccccc1NC(=O)CCN1C(=S)N[C@H](c2ccccn2)[C@@H]1c1cc(C)n(-c2cc([N+](=O)[O-])ccc2OC)c1C. The summed E-state index contributed by atoms with van der Waals surface area (Å²) >= 11 is 5.83. The third-order valence-electron chi connectivity index (χ3n) is 7.85. The molecule has 1 aliphatic heterocycles. The van der Waals surface area contributed by atoms with Gasteiger partial charge in [0.15, 0.2) is 5.11 Å². The van der Waals surface area contributed by atoms with E-state index in [9.17, 15) is 14.9 Å². The molecule has 11 heteroatoms. The van der Waals surface area contributed by atoms with Crippen molar-refractivity contribution in [1.29, 1.82) is 0 Å². The van der Waals surface area contributed by atoms with Crippen LogP contribution < -0.4 is 15.4 Å². The number of thiocarbonyl (C=S) groups is 1. The molecule has 1 saturated heterocycles. The van der Waals surface area contributed by atoms with Crippen LogP contribution in [0.15, 0.2) is 72.9 Å². The Bertz CT molecular complexity index is 1670. The zero-order valence-corrected chi connectivity index (χ0v) is 25.4. The van der Waals surface area contributed by atoms with E-state index in [1.54, 1.807) is 19.4 Å². The van der Waals surface area contributed by atoms with E-state index in [1.807, 2.05) is 65.8 Å². The third kappa shape index (κ3) is 5.94. The summed E-state index contributed by atoms with van der Waals surface area (Å²) in [4.78, 5) is 31.0. The highest BCUT2D eigenvalue weighted by molar-refractivity contribution is 7.80. The number of ether oxygens (including phenoxy) is 1. The Hall–Kier alpha value is -4.77. The van der Waals surface area contributed by atoms with Crippen LogP contribution in [0.25, 0.3) is 5.69 Å². The first kappa shape index (κ1) is 29.7. The van der Waals surface area contributed by atoms with Gasteiger partial charge in [-0.2, -0.15) is 0 Å². The molecule has 43 heavy (non-hydrogen) atoms. The molecule has 0 unspecified atom stereocenters. The maximum Gasteiger partial charge on any atom is 0.271 e. The molecular formula is C32H34N6O4S. The summed E-state index contributed by atoms with van der Waals surface area (Å²) in [5, 5.41) is 18.6. The van der Waals surface area contributed by atoms with Gasteiger partial charge in [-0.1, -0.05) is 31.2 Å². The Morgan fingerprint density at radius 1 is 1.14 bits per heavy atom. The first-order valence-corrected chi connectivity index (χ1v) is 14.5. The van der Waals surface area contributed by atoms with Gasteiger partial charge in [0, 0.05) is 48.4 Å². The van der Waals surface area contributed by atoms with E-state index >= 15 is 0 Å². The molecule has 0 spiro atoms. The van der Waals surface area contributed by atoms with E-state index in [1.165, 1.54) is 12.1 Å². The summed E-state index contributed by atoms with van der Waals surface area (Å²) in [6.45, 7) is 6.36. The molecule has 1 aliphatic rings. The molecule has 2 N–H and O–H groups in total. The number of nitrogens with one attached hydrogen (secondary N) is 2. The molecule has 222 valence electrons. The minimum atomic E-state index is -0.417. The van der Waals surface area contributed by atoms with Gasteiger partial charge in [0.05, 0.1) is 35.5 Å². The standard InChI is InChI=1S/C32H34N6O4S/c1-5-22-10-6-7-11-25(22)34-29(39)15-17-36-31(30(35-32(36)43)26-12-8-9-16-33-26)24-18-20(2)37(21(24)3)27-19-23(38(40)41)13-14-28(27)42-4/h6-14,16,18-19,30-31H,5,15,17H2,1-4H3,(H,34,39)(H,35,43)/t30-,31+/m1/s1. The average Bonchev–Trinajstić information content (AvgIpc) is 3.50. The summed E-state index contributed by atoms with van der Waals surface area (Å²) in [5.74, 6) is 0.414. The van der Waals surface area contributed by atoms with E-state index in [0.717, 1.165) is 40.3 Å². The Morgan fingerprint density at radius 3 is 2.60 bits per heavy atom. The Morgan fingerprint density at radius 2 is 1.91 bits per heavy atom. The molecule has 3 heterocycles. The summed E-state index contributed by atoms with van der Waals surface area (Å²) in [6, 6.07) is 19.6. The fourth-order valence-electron chi connectivity index (χ4n) is 5.79. The molecule has 1 amide bonds. The van der Waals surface area contributed by atoms with Crippen LogP contribution in [0.2, 0.25) is 0 Å². The van der Waals surface area contributed by atoms with Gasteiger partial charge in [-0.25, -0.2) is 0 Å². The number of benzene rings is 2. The number of anilines is 1. The third-order valence-corrected chi connectivity index (χ3v) is 8.21. The second-order valence-electron chi connectivity index (χ2n) is 10.4. The number of methoxy groups -OCH3 is 1. The van der Waals surface area contributed by atoms with Crippen LogP contribution in [0.4, 0.5) is 11.4 Å². The Labute approximate surface area is 255 Å². The van der Waals surface area contributed by atoms with Crippen LogP contribution in [-0.4, -0.2) is 44.0 Å². The quantitative estimate of drug-likeness (QED) is 0.130. The normalized spacial score (nSPS) is 16.2. The molecule has 10 nitrogen and oxygen atoms in total. The maximum atomic E-state index is 13.1. The Balaban J connectivity index is 1.52. The topological polar surface area (TPSA) is 115 Å². The van der Waals surface area contributed by atoms with Gasteiger partial charge in [0.1, 0.15) is 5.75 Å². The average molecular weight is 599 g/mol. The molecule has 0 saturated carbocycles. The molecular weight excluding hydrogens is 564 g/mol. The Kier molecular flexibility index (Phi) is 8.72. The molecule has 2 atom stereocenters. The van der Waals surface area contributed by atoms with Crippen molar-refractivity contribution in [3.05, 3.63) is 111 Å². The molecule has 5 rings (SSSR count). The minimum Gasteiger partial charge on any atom is -0.495 e. The van der Waals surface area contributed by atoms with Gasteiger partial charge in [-0.3, -0.25) is 19.9 Å². The molecule has 1 fully saturated rings.